The first kappa shape index (κ1) is 12.9. The molecule has 0 N–H and O–H groups in total. The quantitative estimate of drug-likeness (QED) is 0.670. The molecule has 0 saturated carbocycles. The molecule has 18 heavy (non-hydrogen) atoms. The highest BCUT2D eigenvalue weighted by molar-refractivity contribution is 5.63. The van der Waals surface area contributed by atoms with Crippen molar-refractivity contribution in [1.82, 2.24) is 0 Å². The first-order valence-electron chi connectivity index (χ1n) is 6.60. The molecule has 0 fully saturated rings. The summed E-state index contributed by atoms with van der Waals surface area (Å²) in [5, 5.41) is 0. The molecule has 0 heteroatoms. The molecule has 0 nitrogen and oxygen atoms in total. The smallest absolute Gasteiger partial charge is 0.0184 e. The zero-order chi connectivity index (χ0) is 13.2. The molecule has 0 radical (unpaired) electrons. The Labute approximate surface area is 111 Å². The highest BCUT2D eigenvalue weighted by Crippen LogP contribution is 2.24. The van der Waals surface area contributed by atoms with Gasteiger partial charge in [-0.1, -0.05) is 74.9 Å². The van der Waals surface area contributed by atoms with Gasteiger partial charge in [-0.15, -0.1) is 0 Å². The van der Waals surface area contributed by atoms with E-state index in [1.807, 2.05) is 0 Å². The summed E-state index contributed by atoms with van der Waals surface area (Å²) in [4.78, 5) is 0. The molecule has 0 bridgehead atoms. The summed E-state index contributed by atoms with van der Waals surface area (Å²) in [7, 11) is 0. The molecular weight excluding hydrogens is 216 g/mol. The van der Waals surface area contributed by atoms with Crippen LogP contribution < -0.4 is 0 Å². The third kappa shape index (κ3) is 3.46. The number of hydrogen-bond donors (Lipinski definition) is 0. The molecule has 0 aliphatic rings. The van der Waals surface area contributed by atoms with E-state index in [2.05, 4.69) is 76.2 Å². The maximum atomic E-state index is 2.28. The second-order valence-corrected chi connectivity index (χ2v) is 6.30. The Hall–Kier alpha value is -1.56. The summed E-state index contributed by atoms with van der Waals surface area (Å²) >= 11 is 0. The second-order valence-electron chi connectivity index (χ2n) is 6.30. The Morgan fingerprint density at radius 1 is 0.722 bits per heavy atom. The zero-order valence-corrected chi connectivity index (χ0v) is 11.8. The first-order valence-corrected chi connectivity index (χ1v) is 6.60. The molecular formula is C18H22. The summed E-state index contributed by atoms with van der Waals surface area (Å²) < 4.78 is 0. The summed E-state index contributed by atoms with van der Waals surface area (Å²) in [6, 6.07) is 17.7. The van der Waals surface area contributed by atoms with Crippen LogP contribution in [0.1, 0.15) is 31.9 Å². The molecule has 0 heterocycles. The molecule has 94 valence electrons. The predicted octanol–water partition coefficient (Wildman–Crippen LogP) is 5.25. The van der Waals surface area contributed by atoms with Crippen molar-refractivity contribution in [3.8, 4) is 11.1 Å². The maximum absolute atomic E-state index is 2.28. The van der Waals surface area contributed by atoms with Gasteiger partial charge in [0.2, 0.25) is 0 Å². The van der Waals surface area contributed by atoms with Gasteiger partial charge < -0.3 is 0 Å². The third-order valence-electron chi connectivity index (χ3n) is 3.07. The van der Waals surface area contributed by atoms with Crippen LogP contribution in [0.25, 0.3) is 11.1 Å². The van der Waals surface area contributed by atoms with Crippen LogP contribution in [-0.2, 0) is 6.42 Å². The molecule has 0 unspecified atom stereocenters. The van der Waals surface area contributed by atoms with Gasteiger partial charge in [0, 0.05) is 0 Å². The Bertz CT molecular complexity index is 495. The van der Waals surface area contributed by atoms with Crippen molar-refractivity contribution in [1.29, 1.82) is 0 Å². The van der Waals surface area contributed by atoms with E-state index in [1.165, 1.54) is 22.3 Å². The normalized spacial score (nSPS) is 11.6. The molecule has 0 atom stereocenters. The van der Waals surface area contributed by atoms with Gasteiger partial charge >= 0.3 is 0 Å². The van der Waals surface area contributed by atoms with Crippen LogP contribution in [0.5, 0.6) is 0 Å². The Morgan fingerprint density at radius 2 is 1.17 bits per heavy atom. The van der Waals surface area contributed by atoms with Gasteiger partial charge in [0.25, 0.3) is 0 Å². The largest absolute Gasteiger partial charge is 0.0599 e. The minimum atomic E-state index is 0.353. The number of rotatable bonds is 2. The Balaban J connectivity index is 2.20. The van der Waals surface area contributed by atoms with Gasteiger partial charge in [-0.05, 0) is 35.4 Å². The second kappa shape index (κ2) is 4.97. The lowest BCUT2D eigenvalue weighted by Crippen LogP contribution is -2.08. The predicted molar refractivity (Wildman–Crippen MR) is 79.8 cm³/mol. The van der Waals surface area contributed by atoms with Crippen LogP contribution in [0.4, 0.5) is 0 Å². The molecule has 2 aromatic carbocycles. The third-order valence-corrected chi connectivity index (χ3v) is 3.07. The molecule has 2 aromatic rings. The van der Waals surface area contributed by atoms with E-state index in [0.29, 0.717) is 5.41 Å². The lowest BCUT2D eigenvalue weighted by molar-refractivity contribution is 0.411. The molecule has 2 rings (SSSR count). The first-order chi connectivity index (χ1) is 8.44. The van der Waals surface area contributed by atoms with Gasteiger partial charge in [-0.25, -0.2) is 0 Å². The van der Waals surface area contributed by atoms with E-state index in [-0.39, 0.29) is 0 Å². The minimum Gasteiger partial charge on any atom is -0.0599 e. The lowest BCUT2D eigenvalue weighted by Gasteiger charge is -2.18. The van der Waals surface area contributed by atoms with Crippen molar-refractivity contribution in [3.63, 3.8) is 0 Å². The average Bonchev–Trinajstić information content (AvgIpc) is 2.29. The summed E-state index contributed by atoms with van der Waals surface area (Å²) in [6.07, 6.45) is 1.13. The summed E-state index contributed by atoms with van der Waals surface area (Å²) in [6.45, 7) is 8.96. The van der Waals surface area contributed by atoms with E-state index in [1.54, 1.807) is 0 Å². The van der Waals surface area contributed by atoms with E-state index in [9.17, 15) is 0 Å². The van der Waals surface area contributed by atoms with E-state index >= 15 is 0 Å². The fourth-order valence-corrected chi connectivity index (χ4v) is 2.17. The van der Waals surface area contributed by atoms with E-state index in [4.69, 9.17) is 0 Å². The van der Waals surface area contributed by atoms with Crippen LogP contribution in [0.2, 0.25) is 0 Å². The van der Waals surface area contributed by atoms with E-state index < -0.39 is 0 Å². The van der Waals surface area contributed by atoms with Gasteiger partial charge in [0.05, 0.1) is 0 Å². The number of aryl methyl sites for hydroxylation is 1. The van der Waals surface area contributed by atoms with Crippen molar-refractivity contribution < 1.29 is 0 Å². The Kier molecular flexibility index (Phi) is 3.56. The molecule has 0 aliphatic carbocycles. The van der Waals surface area contributed by atoms with Crippen LogP contribution in [0.15, 0.2) is 48.5 Å². The maximum Gasteiger partial charge on any atom is -0.0184 e. The fraction of sp³-hybridized carbons (Fsp3) is 0.333. The SMILES string of the molecule is Cc1ccc(-c2ccc(CC(C)(C)C)cc2)cc1. The van der Waals surface area contributed by atoms with Crippen molar-refractivity contribution in [2.24, 2.45) is 5.41 Å². The Morgan fingerprint density at radius 3 is 1.61 bits per heavy atom. The number of benzene rings is 2. The van der Waals surface area contributed by atoms with Crippen LogP contribution >= 0.6 is 0 Å². The van der Waals surface area contributed by atoms with Crippen LogP contribution in [-0.4, -0.2) is 0 Å². The average molecular weight is 238 g/mol. The number of hydrogen-bond acceptors (Lipinski definition) is 0. The molecule has 0 saturated heterocycles. The van der Waals surface area contributed by atoms with E-state index in [0.717, 1.165) is 6.42 Å². The minimum absolute atomic E-state index is 0.353. The van der Waals surface area contributed by atoms with Crippen LogP contribution in [0, 0.1) is 12.3 Å². The molecule has 0 spiro atoms. The lowest BCUT2D eigenvalue weighted by atomic mass is 9.87. The van der Waals surface area contributed by atoms with Crippen molar-refractivity contribution in [2.45, 2.75) is 34.1 Å². The highest BCUT2D eigenvalue weighted by atomic mass is 14.2. The zero-order valence-electron chi connectivity index (χ0n) is 11.8. The van der Waals surface area contributed by atoms with Gasteiger partial charge in [-0.2, -0.15) is 0 Å². The van der Waals surface area contributed by atoms with Crippen molar-refractivity contribution >= 4 is 0 Å². The standard InChI is InChI=1S/C18H22/c1-14-5-9-16(10-6-14)17-11-7-15(8-12-17)13-18(2,3)4/h5-12H,13H2,1-4H3. The molecule has 0 aliphatic heterocycles. The van der Waals surface area contributed by atoms with Gasteiger partial charge in [-0.3, -0.25) is 0 Å². The monoisotopic (exact) mass is 238 g/mol. The summed E-state index contributed by atoms with van der Waals surface area (Å²) in [5.74, 6) is 0. The summed E-state index contributed by atoms with van der Waals surface area (Å²) in [5.41, 5.74) is 5.67. The fourth-order valence-electron chi connectivity index (χ4n) is 2.17. The van der Waals surface area contributed by atoms with Gasteiger partial charge in [0.15, 0.2) is 0 Å². The van der Waals surface area contributed by atoms with Crippen LogP contribution in [0.3, 0.4) is 0 Å². The van der Waals surface area contributed by atoms with Crippen molar-refractivity contribution in [3.05, 3.63) is 59.7 Å². The van der Waals surface area contributed by atoms with Crippen molar-refractivity contribution in [2.75, 3.05) is 0 Å². The topological polar surface area (TPSA) is 0 Å². The highest BCUT2D eigenvalue weighted by Gasteiger charge is 2.10. The molecule has 0 aromatic heterocycles. The molecule has 0 amide bonds. The van der Waals surface area contributed by atoms with Gasteiger partial charge in [0.1, 0.15) is 0 Å².